The lowest BCUT2D eigenvalue weighted by Crippen LogP contribution is -2.24. The highest BCUT2D eigenvalue weighted by atomic mass is 32.1. The molecule has 0 unspecified atom stereocenters. The van der Waals surface area contributed by atoms with Crippen LogP contribution in [0.4, 0.5) is 0 Å². The first-order valence-electron chi connectivity index (χ1n) is 6.68. The fraction of sp³-hybridized carbons (Fsp3) is 0.125. The van der Waals surface area contributed by atoms with Crippen LogP contribution in [-0.2, 0) is 17.8 Å². The van der Waals surface area contributed by atoms with Gasteiger partial charge in [0.2, 0.25) is 5.91 Å². The molecule has 3 aromatic rings. The highest BCUT2D eigenvalue weighted by Crippen LogP contribution is 2.10. The molecule has 0 spiro atoms. The van der Waals surface area contributed by atoms with E-state index < -0.39 is 0 Å². The number of rotatable bonds is 5. The maximum Gasteiger partial charge on any atom is 0.224 e. The summed E-state index contributed by atoms with van der Waals surface area (Å²) < 4.78 is 1.80. The largest absolute Gasteiger partial charge is 0.352 e. The fourth-order valence-corrected chi connectivity index (χ4v) is 2.74. The zero-order valence-electron chi connectivity index (χ0n) is 11.4. The lowest BCUT2D eigenvalue weighted by atomic mass is 10.2. The van der Waals surface area contributed by atoms with Gasteiger partial charge in [0.05, 0.1) is 12.1 Å². The molecular formula is C16H15N3OS. The molecule has 0 saturated heterocycles. The number of carbonyl (C=O) groups excluding carboxylic acids is 1. The number of hydrogen-bond donors (Lipinski definition) is 1. The molecule has 1 aromatic carbocycles. The van der Waals surface area contributed by atoms with Gasteiger partial charge in [0, 0.05) is 18.9 Å². The first-order chi connectivity index (χ1) is 10.3. The van der Waals surface area contributed by atoms with E-state index in [9.17, 15) is 4.79 Å². The molecule has 3 rings (SSSR count). The monoisotopic (exact) mass is 297 g/mol. The number of amides is 1. The summed E-state index contributed by atoms with van der Waals surface area (Å²) in [6.07, 6.45) is 4.08. The second-order valence-electron chi connectivity index (χ2n) is 4.71. The highest BCUT2D eigenvalue weighted by molar-refractivity contribution is 7.07. The van der Waals surface area contributed by atoms with Crippen molar-refractivity contribution in [3.63, 3.8) is 0 Å². The number of nitrogens with one attached hydrogen (secondary N) is 1. The number of hydrogen-bond acceptors (Lipinski definition) is 3. The molecule has 5 heteroatoms. The SMILES string of the molecule is O=C(Cc1ccsc1)NCc1cccc(-n2cccn2)c1. The molecule has 1 N–H and O–H groups in total. The summed E-state index contributed by atoms with van der Waals surface area (Å²) in [5.74, 6) is 0.0397. The lowest BCUT2D eigenvalue weighted by Gasteiger charge is -2.07. The summed E-state index contributed by atoms with van der Waals surface area (Å²) in [7, 11) is 0. The fourth-order valence-electron chi connectivity index (χ4n) is 2.07. The van der Waals surface area contributed by atoms with Crippen molar-refractivity contribution >= 4 is 17.2 Å². The van der Waals surface area contributed by atoms with Crippen LogP contribution in [0.1, 0.15) is 11.1 Å². The Morgan fingerprint density at radius 1 is 1.24 bits per heavy atom. The molecular weight excluding hydrogens is 282 g/mol. The molecule has 0 fully saturated rings. The van der Waals surface area contributed by atoms with Crippen LogP contribution in [0.25, 0.3) is 5.69 Å². The maximum absolute atomic E-state index is 11.9. The second-order valence-corrected chi connectivity index (χ2v) is 5.49. The van der Waals surface area contributed by atoms with Gasteiger partial charge in [-0.05, 0) is 46.2 Å². The Morgan fingerprint density at radius 3 is 2.95 bits per heavy atom. The van der Waals surface area contributed by atoms with Gasteiger partial charge in [-0.15, -0.1) is 0 Å². The van der Waals surface area contributed by atoms with Crippen molar-refractivity contribution in [3.8, 4) is 5.69 Å². The molecule has 21 heavy (non-hydrogen) atoms. The van der Waals surface area contributed by atoms with Crippen LogP contribution >= 0.6 is 11.3 Å². The van der Waals surface area contributed by atoms with Crippen LogP contribution in [0.3, 0.4) is 0 Å². The van der Waals surface area contributed by atoms with Crippen LogP contribution in [0.2, 0.25) is 0 Å². The van der Waals surface area contributed by atoms with Crippen LogP contribution in [0.5, 0.6) is 0 Å². The van der Waals surface area contributed by atoms with E-state index in [1.165, 1.54) is 0 Å². The Labute approximate surface area is 127 Å². The van der Waals surface area contributed by atoms with E-state index in [2.05, 4.69) is 10.4 Å². The van der Waals surface area contributed by atoms with E-state index in [1.54, 1.807) is 22.2 Å². The van der Waals surface area contributed by atoms with Crippen molar-refractivity contribution in [1.29, 1.82) is 0 Å². The van der Waals surface area contributed by atoms with E-state index in [4.69, 9.17) is 0 Å². The lowest BCUT2D eigenvalue weighted by molar-refractivity contribution is -0.120. The Balaban J connectivity index is 1.60. The van der Waals surface area contributed by atoms with Crippen molar-refractivity contribution in [2.45, 2.75) is 13.0 Å². The number of thiophene rings is 1. The minimum absolute atomic E-state index is 0.0397. The first kappa shape index (κ1) is 13.6. The topological polar surface area (TPSA) is 46.9 Å². The van der Waals surface area contributed by atoms with Crippen molar-refractivity contribution in [2.24, 2.45) is 0 Å². The van der Waals surface area contributed by atoms with Gasteiger partial charge < -0.3 is 5.32 Å². The third-order valence-corrected chi connectivity index (χ3v) is 3.85. The molecule has 0 bridgehead atoms. The maximum atomic E-state index is 11.9. The molecule has 0 aliphatic carbocycles. The van der Waals surface area contributed by atoms with Gasteiger partial charge in [0.15, 0.2) is 0 Å². The Hall–Kier alpha value is -2.40. The van der Waals surface area contributed by atoms with E-state index in [-0.39, 0.29) is 5.91 Å². The van der Waals surface area contributed by atoms with Gasteiger partial charge in [-0.1, -0.05) is 12.1 Å². The van der Waals surface area contributed by atoms with Crippen LogP contribution < -0.4 is 5.32 Å². The minimum atomic E-state index is 0.0397. The smallest absolute Gasteiger partial charge is 0.224 e. The van der Waals surface area contributed by atoms with Gasteiger partial charge in [0.1, 0.15) is 0 Å². The minimum Gasteiger partial charge on any atom is -0.352 e. The van der Waals surface area contributed by atoms with E-state index in [0.717, 1.165) is 16.8 Å². The molecule has 0 atom stereocenters. The third-order valence-electron chi connectivity index (χ3n) is 3.11. The third kappa shape index (κ3) is 3.58. The Kier molecular flexibility index (Phi) is 4.12. The van der Waals surface area contributed by atoms with E-state index in [0.29, 0.717) is 13.0 Å². The molecule has 106 valence electrons. The van der Waals surface area contributed by atoms with Gasteiger partial charge in [-0.25, -0.2) is 4.68 Å². The second kappa shape index (κ2) is 6.37. The number of nitrogens with zero attached hydrogens (tertiary/aromatic N) is 2. The molecule has 1 amide bonds. The van der Waals surface area contributed by atoms with Gasteiger partial charge in [-0.2, -0.15) is 16.4 Å². The number of aromatic nitrogens is 2. The molecule has 0 aliphatic heterocycles. The summed E-state index contributed by atoms with van der Waals surface area (Å²) in [6.45, 7) is 0.526. The number of carbonyl (C=O) groups is 1. The van der Waals surface area contributed by atoms with Crippen LogP contribution in [-0.4, -0.2) is 15.7 Å². The van der Waals surface area contributed by atoms with Crippen molar-refractivity contribution in [3.05, 3.63) is 70.7 Å². The predicted molar refractivity (Wildman–Crippen MR) is 83.4 cm³/mol. The molecule has 0 aliphatic rings. The average molecular weight is 297 g/mol. The molecule has 2 heterocycles. The summed E-state index contributed by atoms with van der Waals surface area (Å²) in [4.78, 5) is 11.9. The first-order valence-corrected chi connectivity index (χ1v) is 7.62. The summed E-state index contributed by atoms with van der Waals surface area (Å²) in [6, 6.07) is 11.8. The Bertz CT molecular complexity index is 705. The van der Waals surface area contributed by atoms with Gasteiger partial charge in [0.25, 0.3) is 0 Å². The van der Waals surface area contributed by atoms with Gasteiger partial charge in [-0.3, -0.25) is 4.79 Å². The Morgan fingerprint density at radius 2 is 2.19 bits per heavy atom. The predicted octanol–water partition coefficient (Wildman–Crippen LogP) is 2.79. The molecule has 4 nitrogen and oxygen atoms in total. The molecule has 2 aromatic heterocycles. The van der Waals surface area contributed by atoms with Gasteiger partial charge >= 0.3 is 0 Å². The zero-order chi connectivity index (χ0) is 14.5. The normalized spacial score (nSPS) is 10.5. The summed E-state index contributed by atoms with van der Waals surface area (Å²) in [5.41, 5.74) is 3.11. The highest BCUT2D eigenvalue weighted by Gasteiger charge is 2.04. The number of benzene rings is 1. The van der Waals surface area contributed by atoms with E-state index >= 15 is 0 Å². The van der Waals surface area contributed by atoms with E-state index in [1.807, 2.05) is 53.4 Å². The summed E-state index contributed by atoms with van der Waals surface area (Å²) in [5, 5.41) is 11.1. The quantitative estimate of drug-likeness (QED) is 0.787. The summed E-state index contributed by atoms with van der Waals surface area (Å²) >= 11 is 1.61. The molecule has 0 radical (unpaired) electrons. The zero-order valence-corrected chi connectivity index (χ0v) is 12.2. The van der Waals surface area contributed by atoms with Crippen LogP contribution in [0, 0.1) is 0 Å². The van der Waals surface area contributed by atoms with Crippen molar-refractivity contribution in [1.82, 2.24) is 15.1 Å². The molecule has 0 saturated carbocycles. The van der Waals surface area contributed by atoms with Crippen LogP contribution in [0.15, 0.2) is 59.6 Å². The van der Waals surface area contributed by atoms with Crippen molar-refractivity contribution < 1.29 is 4.79 Å². The van der Waals surface area contributed by atoms with Crippen molar-refractivity contribution in [2.75, 3.05) is 0 Å². The average Bonchev–Trinajstić information content (AvgIpc) is 3.19. The standard InChI is InChI=1S/C16H15N3OS/c20-16(10-14-5-8-21-12-14)17-11-13-3-1-4-15(9-13)19-7-2-6-18-19/h1-9,12H,10-11H2,(H,17,20).